The molecule has 5 atom stereocenters. The zero-order valence-corrected chi connectivity index (χ0v) is 28.8. The van der Waals surface area contributed by atoms with E-state index in [2.05, 4.69) is 109 Å². The Morgan fingerprint density at radius 2 is 1.36 bits per heavy atom. The second kappa shape index (κ2) is 13.0. The van der Waals surface area contributed by atoms with Gasteiger partial charge in [0.25, 0.3) is 0 Å². The van der Waals surface area contributed by atoms with Crippen molar-refractivity contribution >= 4 is 0 Å². The number of rotatable bonds is 8. The third kappa shape index (κ3) is 11.9. The lowest BCUT2D eigenvalue weighted by Crippen LogP contribution is -2.65. The summed E-state index contributed by atoms with van der Waals surface area (Å²) >= 11 is 0. The van der Waals surface area contributed by atoms with E-state index in [-0.39, 0.29) is 44.9 Å². The fourth-order valence-electron chi connectivity index (χ4n) is 6.29. The molecule has 0 saturated carbocycles. The van der Waals surface area contributed by atoms with E-state index in [0.29, 0.717) is 32.3 Å². The van der Waals surface area contributed by atoms with Gasteiger partial charge in [-0.25, -0.2) is 0 Å². The van der Waals surface area contributed by atoms with Crippen LogP contribution in [0.25, 0.3) is 0 Å². The molecule has 1 aliphatic heterocycles. The Balaban J connectivity index is 3.32. The lowest BCUT2D eigenvalue weighted by atomic mass is 9.62. The van der Waals surface area contributed by atoms with Crippen molar-refractivity contribution in [3.63, 3.8) is 0 Å². The molecule has 6 nitrogen and oxygen atoms in total. The van der Waals surface area contributed by atoms with Gasteiger partial charge >= 0.3 is 0 Å². The van der Waals surface area contributed by atoms with Gasteiger partial charge in [-0.3, -0.25) is 5.32 Å². The highest BCUT2D eigenvalue weighted by Gasteiger charge is 2.45. The lowest BCUT2D eigenvalue weighted by molar-refractivity contribution is -0.123. The normalized spacial score (nSPS) is 33.8. The summed E-state index contributed by atoms with van der Waals surface area (Å²) in [6.07, 6.45) is 3.99. The van der Waals surface area contributed by atoms with Gasteiger partial charge in [-0.05, 0) is 104 Å². The highest BCUT2D eigenvalue weighted by atomic mass is 16.5. The Kier molecular flexibility index (Phi) is 12.2. The standard InChI is InChI=1S/C33H69N3O3/c1-16-33(20-27(5,6)23-37-17-24(2)30(11,12)34)21-28(7,8)38-18-25(3)31(13,14)36-32(15,35)26(4)19-39-29(9,10)22-33/h24-26,36H,16-23,34-35H2,1-15H3. The molecule has 0 amide bonds. The van der Waals surface area contributed by atoms with E-state index >= 15 is 0 Å². The molecular formula is C33H69N3O3. The van der Waals surface area contributed by atoms with Gasteiger partial charge in [0.1, 0.15) is 0 Å². The van der Waals surface area contributed by atoms with Crippen molar-refractivity contribution in [2.75, 3.05) is 26.4 Å². The van der Waals surface area contributed by atoms with Crippen LogP contribution in [0.15, 0.2) is 0 Å². The minimum Gasteiger partial charge on any atom is -0.381 e. The molecule has 1 rings (SSSR count). The molecule has 5 N–H and O–H groups in total. The minimum atomic E-state index is -0.566. The Morgan fingerprint density at radius 1 is 0.897 bits per heavy atom. The van der Waals surface area contributed by atoms with Gasteiger partial charge in [0.2, 0.25) is 0 Å². The van der Waals surface area contributed by atoms with E-state index in [0.717, 1.165) is 25.7 Å². The Bertz CT molecular complexity index is 714. The second-order valence-corrected chi connectivity index (χ2v) is 16.9. The average molecular weight is 556 g/mol. The first kappa shape index (κ1) is 36.8. The van der Waals surface area contributed by atoms with Crippen molar-refractivity contribution in [3.8, 4) is 0 Å². The number of nitrogens with one attached hydrogen (secondary N) is 1. The molecule has 0 aliphatic carbocycles. The van der Waals surface area contributed by atoms with Crippen molar-refractivity contribution in [2.24, 2.45) is 40.1 Å². The molecule has 0 bridgehead atoms. The fraction of sp³-hybridized carbons (Fsp3) is 1.00. The van der Waals surface area contributed by atoms with E-state index in [1.165, 1.54) is 0 Å². The number of hydrogen-bond acceptors (Lipinski definition) is 6. The molecule has 0 spiro atoms. The quantitative estimate of drug-likeness (QED) is 0.302. The first-order valence-electron chi connectivity index (χ1n) is 15.5. The Labute approximate surface area is 243 Å². The molecule has 6 heteroatoms. The van der Waals surface area contributed by atoms with Crippen LogP contribution in [0.5, 0.6) is 0 Å². The summed E-state index contributed by atoms with van der Waals surface area (Å²) in [7, 11) is 0. The molecule has 5 unspecified atom stereocenters. The van der Waals surface area contributed by atoms with Crippen molar-refractivity contribution in [2.45, 2.75) is 157 Å². The molecule has 234 valence electrons. The van der Waals surface area contributed by atoms with Gasteiger partial charge in [0.05, 0.1) is 43.3 Å². The third-order valence-electron chi connectivity index (χ3n) is 9.63. The summed E-state index contributed by atoms with van der Waals surface area (Å²) in [6, 6.07) is 0. The minimum absolute atomic E-state index is 0.00556. The van der Waals surface area contributed by atoms with Crippen molar-refractivity contribution in [1.29, 1.82) is 0 Å². The summed E-state index contributed by atoms with van der Waals surface area (Å²) in [6.45, 7) is 36.0. The van der Waals surface area contributed by atoms with E-state index in [1.807, 2.05) is 0 Å². The maximum Gasteiger partial charge on any atom is 0.0685 e. The largest absolute Gasteiger partial charge is 0.381 e. The van der Waals surface area contributed by atoms with Gasteiger partial charge in [-0.2, -0.15) is 0 Å². The SMILES string of the molecule is CCC1(CC(C)(C)COCC(C)C(C)(C)N)CC(C)(C)OCC(C)C(C)(C)NC(C)(N)C(C)COC(C)(C)C1. The first-order chi connectivity index (χ1) is 17.3. The predicted molar refractivity (Wildman–Crippen MR) is 167 cm³/mol. The summed E-state index contributed by atoms with van der Waals surface area (Å²) < 4.78 is 19.7. The van der Waals surface area contributed by atoms with Gasteiger partial charge in [-0.15, -0.1) is 0 Å². The van der Waals surface area contributed by atoms with Crippen LogP contribution in [0.3, 0.4) is 0 Å². The van der Waals surface area contributed by atoms with Gasteiger partial charge in [0.15, 0.2) is 0 Å². The van der Waals surface area contributed by atoms with E-state index in [4.69, 9.17) is 25.7 Å². The van der Waals surface area contributed by atoms with Gasteiger partial charge in [0, 0.05) is 17.0 Å². The molecular weight excluding hydrogens is 486 g/mol. The third-order valence-corrected chi connectivity index (χ3v) is 9.63. The smallest absolute Gasteiger partial charge is 0.0685 e. The van der Waals surface area contributed by atoms with Crippen LogP contribution < -0.4 is 16.8 Å². The van der Waals surface area contributed by atoms with E-state index < -0.39 is 5.66 Å². The molecule has 1 fully saturated rings. The Morgan fingerprint density at radius 3 is 1.79 bits per heavy atom. The molecule has 1 saturated heterocycles. The van der Waals surface area contributed by atoms with Crippen molar-refractivity contribution in [1.82, 2.24) is 5.32 Å². The van der Waals surface area contributed by atoms with Crippen LogP contribution >= 0.6 is 0 Å². The number of ether oxygens (including phenoxy) is 3. The van der Waals surface area contributed by atoms with Gasteiger partial charge in [-0.1, -0.05) is 48.0 Å². The van der Waals surface area contributed by atoms with Crippen LogP contribution in [-0.4, -0.2) is 54.4 Å². The lowest BCUT2D eigenvalue weighted by Gasteiger charge is -2.49. The van der Waals surface area contributed by atoms with Crippen molar-refractivity contribution < 1.29 is 14.2 Å². The molecule has 0 radical (unpaired) electrons. The van der Waals surface area contributed by atoms with Crippen LogP contribution in [-0.2, 0) is 14.2 Å². The highest BCUT2D eigenvalue weighted by Crippen LogP contribution is 2.49. The monoisotopic (exact) mass is 556 g/mol. The van der Waals surface area contributed by atoms with Crippen LogP contribution in [0.1, 0.15) is 130 Å². The second-order valence-electron chi connectivity index (χ2n) is 16.9. The zero-order chi connectivity index (χ0) is 30.7. The summed E-state index contributed by atoms with van der Waals surface area (Å²) in [5.41, 5.74) is 11.6. The maximum absolute atomic E-state index is 6.85. The average Bonchev–Trinajstić information content (AvgIpc) is 2.72. The topological polar surface area (TPSA) is 91.8 Å². The van der Waals surface area contributed by atoms with Crippen molar-refractivity contribution in [3.05, 3.63) is 0 Å². The fourth-order valence-corrected chi connectivity index (χ4v) is 6.29. The molecule has 0 aromatic carbocycles. The molecule has 0 aromatic heterocycles. The molecule has 0 aromatic rings. The van der Waals surface area contributed by atoms with Crippen LogP contribution in [0.2, 0.25) is 0 Å². The summed E-state index contributed by atoms with van der Waals surface area (Å²) in [5.74, 6) is 0.707. The first-order valence-corrected chi connectivity index (χ1v) is 15.5. The van der Waals surface area contributed by atoms with E-state index in [9.17, 15) is 0 Å². The number of hydrogen-bond donors (Lipinski definition) is 3. The molecule has 39 heavy (non-hydrogen) atoms. The Hall–Kier alpha value is -0.240. The van der Waals surface area contributed by atoms with Gasteiger partial charge < -0.3 is 25.7 Å². The molecule has 1 aliphatic rings. The zero-order valence-electron chi connectivity index (χ0n) is 28.8. The predicted octanol–water partition coefficient (Wildman–Crippen LogP) is 6.89. The number of nitrogens with two attached hydrogens (primary N) is 2. The summed E-state index contributed by atoms with van der Waals surface area (Å²) in [5, 5.41) is 3.73. The van der Waals surface area contributed by atoms with Crippen LogP contribution in [0, 0.1) is 28.6 Å². The highest BCUT2D eigenvalue weighted by molar-refractivity contribution is 4.97. The maximum atomic E-state index is 6.85. The molecule has 1 heterocycles. The van der Waals surface area contributed by atoms with E-state index in [1.54, 1.807) is 0 Å². The summed E-state index contributed by atoms with van der Waals surface area (Å²) in [4.78, 5) is 0. The van der Waals surface area contributed by atoms with Crippen LogP contribution in [0.4, 0.5) is 0 Å².